The summed E-state index contributed by atoms with van der Waals surface area (Å²) in [7, 11) is -4.29. The Bertz CT molecular complexity index is 712. The zero-order valence-corrected chi connectivity index (χ0v) is 10.2. The van der Waals surface area contributed by atoms with Crippen LogP contribution in [0, 0.1) is 6.92 Å². The van der Waals surface area contributed by atoms with Gasteiger partial charge in [-0.3, -0.25) is 19.2 Å². The summed E-state index contributed by atoms with van der Waals surface area (Å²) < 4.78 is 33.0. The Hall–Kier alpha value is -2.06. The summed E-state index contributed by atoms with van der Waals surface area (Å²) in [5, 5.41) is 2.84. The smallest absolute Gasteiger partial charge is 0.295 e. The SMILES string of the molecule is Cc1cc(=O)n(-c2ccc(NS(=O)(=O)O)cc2)[nH]1. The lowest BCUT2D eigenvalue weighted by Crippen LogP contribution is -2.14. The molecule has 7 nitrogen and oxygen atoms in total. The molecule has 96 valence electrons. The minimum absolute atomic E-state index is 0.206. The molecule has 3 N–H and O–H groups in total. The monoisotopic (exact) mass is 269 g/mol. The average molecular weight is 269 g/mol. The molecule has 0 aliphatic rings. The van der Waals surface area contributed by atoms with E-state index in [1.807, 2.05) is 4.72 Å². The van der Waals surface area contributed by atoms with Crippen molar-refractivity contribution in [3.05, 3.63) is 46.4 Å². The van der Waals surface area contributed by atoms with Crippen molar-refractivity contribution >= 4 is 16.0 Å². The molecule has 0 aliphatic heterocycles. The van der Waals surface area contributed by atoms with Crippen molar-refractivity contribution in [3.63, 3.8) is 0 Å². The van der Waals surface area contributed by atoms with Crippen LogP contribution >= 0.6 is 0 Å². The van der Waals surface area contributed by atoms with Gasteiger partial charge in [0.15, 0.2) is 0 Å². The second-order valence-corrected chi connectivity index (χ2v) is 4.89. The van der Waals surface area contributed by atoms with Gasteiger partial charge in [-0.1, -0.05) is 0 Å². The molecule has 0 unspecified atom stereocenters. The fourth-order valence-electron chi connectivity index (χ4n) is 1.53. The summed E-state index contributed by atoms with van der Waals surface area (Å²) in [6.45, 7) is 1.76. The van der Waals surface area contributed by atoms with Gasteiger partial charge in [-0.15, -0.1) is 0 Å². The van der Waals surface area contributed by atoms with Crippen LogP contribution in [0.2, 0.25) is 0 Å². The van der Waals surface area contributed by atoms with Crippen molar-refractivity contribution in [3.8, 4) is 5.69 Å². The Morgan fingerprint density at radius 2 is 1.89 bits per heavy atom. The first-order chi connectivity index (χ1) is 8.35. The highest BCUT2D eigenvalue weighted by molar-refractivity contribution is 7.87. The van der Waals surface area contributed by atoms with Crippen molar-refractivity contribution in [2.45, 2.75) is 6.92 Å². The third-order valence-electron chi connectivity index (χ3n) is 2.22. The Morgan fingerprint density at radius 3 is 2.33 bits per heavy atom. The molecule has 0 atom stereocenters. The maximum absolute atomic E-state index is 11.5. The predicted molar refractivity (Wildman–Crippen MR) is 66.3 cm³/mol. The molecule has 18 heavy (non-hydrogen) atoms. The van der Waals surface area contributed by atoms with Crippen LogP contribution in [0.1, 0.15) is 5.69 Å². The van der Waals surface area contributed by atoms with E-state index < -0.39 is 10.3 Å². The number of benzene rings is 1. The van der Waals surface area contributed by atoms with Gasteiger partial charge in [0, 0.05) is 11.8 Å². The topological polar surface area (TPSA) is 104 Å². The maximum atomic E-state index is 11.5. The summed E-state index contributed by atoms with van der Waals surface area (Å²) >= 11 is 0. The number of rotatable bonds is 3. The van der Waals surface area contributed by atoms with E-state index >= 15 is 0 Å². The van der Waals surface area contributed by atoms with Crippen LogP contribution in [0.3, 0.4) is 0 Å². The average Bonchev–Trinajstić information content (AvgIpc) is 2.57. The van der Waals surface area contributed by atoms with Gasteiger partial charge in [-0.25, -0.2) is 4.68 Å². The summed E-state index contributed by atoms with van der Waals surface area (Å²) in [5.74, 6) is 0. The van der Waals surface area contributed by atoms with Gasteiger partial charge in [0.2, 0.25) is 0 Å². The number of nitrogens with one attached hydrogen (secondary N) is 2. The summed E-state index contributed by atoms with van der Waals surface area (Å²) in [6, 6.07) is 7.41. The van der Waals surface area contributed by atoms with Gasteiger partial charge in [0.1, 0.15) is 0 Å². The van der Waals surface area contributed by atoms with E-state index in [0.717, 1.165) is 5.69 Å². The molecule has 0 amide bonds. The zero-order valence-electron chi connectivity index (χ0n) is 9.41. The highest BCUT2D eigenvalue weighted by atomic mass is 32.2. The number of anilines is 1. The van der Waals surface area contributed by atoms with E-state index in [0.29, 0.717) is 5.69 Å². The molecule has 0 saturated carbocycles. The lowest BCUT2D eigenvalue weighted by atomic mass is 10.3. The van der Waals surface area contributed by atoms with Crippen molar-refractivity contribution in [1.29, 1.82) is 0 Å². The van der Waals surface area contributed by atoms with Crippen LogP contribution in [0.25, 0.3) is 5.69 Å². The van der Waals surface area contributed by atoms with Gasteiger partial charge in [0.25, 0.3) is 5.56 Å². The second kappa shape index (κ2) is 4.31. The number of aromatic nitrogens is 2. The highest BCUT2D eigenvalue weighted by Crippen LogP contribution is 2.12. The molecule has 1 heterocycles. The Kier molecular flexibility index (Phi) is 2.97. The number of H-pyrrole nitrogens is 1. The lowest BCUT2D eigenvalue weighted by Gasteiger charge is -2.05. The quantitative estimate of drug-likeness (QED) is 0.713. The molecular weight excluding hydrogens is 258 g/mol. The fraction of sp³-hybridized carbons (Fsp3) is 0.100. The molecule has 0 aliphatic carbocycles. The number of hydrogen-bond donors (Lipinski definition) is 3. The van der Waals surface area contributed by atoms with Gasteiger partial charge < -0.3 is 0 Å². The van der Waals surface area contributed by atoms with Crippen LogP contribution in [-0.2, 0) is 10.3 Å². The van der Waals surface area contributed by atoms with Crippen LogP contribution in [0.4, 0.5) is 5.69 Å². The van der Waals surface area contributed by atoms with Crippen LogP contribution in [-0.4, -0.2) is 22.8 Å². The molecular formula is C10H11N3O4S. The fourth-order valence-corrected chi connectivity index (χ4v) is 1.97. The number of nitrogens with zero attached hydrogens (tertiary/aromatic N) is 1. The number of hydrogen-bond acceptors (Lipinski definition) is 3. The van der Waals surface area contributed by atoms with E-state index in [4.69, 9.17) is 4.55 Å². The predicted octanol–water partition coefficient (Wildman–Crippen LogP) is 0.689. The number of aromatic amines is 1. The molecule has 1 aromatic heterocycles. The first-order valence-corrected chi connectivity index (χ1v) is 6.43. The van der Waals surface area contributed by atoms with Crippen LogP contribution in [0.15, 0.2) is 35.1 Å². The molecule has 0 saturated heterocycles. The van der Waals surface area contributed by atoms with Crippen molar-refractivity contribution in [2.75, 3.05) is 4.72 Å². The molecule has 0 fully saturated rings. The van der Waals surface area contributed by atoms with E-state index in [2.05, 4.69) is 5.10 Å². The van der Waals surface area contributed by atoms with Crippen LogP contribution in [0.5, 0.6) is 0 Å². The molecule has 2 rings (SSSR count). The largest absolute Gasteiger partial charge is 0.357 e. The van der Waals surface area contributed by atoms with Crippen LogP contribution < -0.4 is 10.3 Å². The van der Waals surface area contributed by atoms with Gasteiger partial charge in [-0.2, -0.15) is 8.42 Å². The van der Waals surface area contributed by atoms with E-state index in [9.17, 15) is 13.2 Å². The van der Waals surface area contributed by atoms with E-state index in [1.165, 1.54) is 22.9 Å². The highest BCUT2D eigenvalue weighted by Gasteiger charge is 2.05. The second-order valence-electron chi connectivity index (χ2n) is 3.74. The lowest BCUT2D eigenvalue weighted by molar-refractivity contribution is 0.489. The normalized spacial score (nSPS) is 11.4. The van der Waals surface area contributed by atoms with E-state index in [-0.39, 0.29) is 11.2 Å². The van der Waals surface area contributed by atoms with Gasteiger partial charge >= 0.3 is 10.3 Å². The summed E-state index contributed by atoms with van der Waals surface area (Å²) in [6.07, 6.45) is 0. The van der Waals surface area contributed by atoms with Crippen molar-refractivity contribution in [2.24, 2.45) is 0 Å². The van der Waals surface area contributed by atoms with E-state index in [1.54, 1.807) is 19.1 Å². The first-order valence-electron chi connectivity index (χ1n) is 4.99. The Morgan fingerprint density at radius 1 is 1.28 bits per heavy atom. The van der Waals surface area contributed by atoms with Crippen molar-refractivity contribution < 1.29 is 13.0 Å². The third-order valence-corrected chi connectivity index (χ3v) is 2.71. The summed E-state index contributed by atoms with van der Waals surface area (Å²) in [5.41, 5.74) is 1.29. The first kappa shape index (κ1) is 12.4. The zero-order chi connectivity index (χ0) is 13.3. The Balaban J connectivity index is 2.33. The third kappa shape index (κ3) is 2.79. The maximum Gasteiger partial charge on any atom is 0.357 e. The molecule has 1 aromatic carbocycles. The molecule has 2 aromatic rings. The van der Waals surface area contributed by atoms with Crippen molar-refractivity contribution in [1.82, 2.24) is 9.78 Å². The molecule has 0 bridgehead atoms. The van der Waals surface area contributed by atoms with Gasteiger partial charge in [-0.05, 0) is 31.2 Å². The van der Waals surface area contributed by atoms with Gasteiger partial charge in [0.05, 0.1) is 11.4 Å². The summed E-state index contributed by atoms with van der Waals surface area (Å²) in [4.78, 5) is 11.5. The number of aryl methyl sites for hydroxylation is 1. The molecule has 8 heteroatoms. The minimum Gasteiger partial charge on any atom is -0.295 e. The minimum atomic E-state index is -4.29. The Labute approximate surface area is 103 Å². The molecule has 0 spiro atoms. The standard InChI is InChI=1S/C10H11N3O4S/c1-7-6-10(14)13(11-7)9-4-2-8(3-5-9)12-18(15,16)17/h2-6,11-12H,1H3,(H,15,16,17). The molecule has 0 radical (unpaired) electrons.